The van der Waals surface area contributed by atoms with Crippen LogP contribution >= 0.6 is 0 Å². The summed E-state index contributed by atoms with van der Waals surface area (Å²) in [5.74, 6) is 0. The zero-order valence-electron chi connectivity index (χ0n) is 12.3. The van der Waals surface area contributed by atoms with Crippen LogP contribution in [0.3, 0.4) is 0 Å². The lowest BCUT2D eigenvalue weighted by Crippen LogP contribution is -2.26. The quantitative estimate of drug-likeness (QED) is 0.805. The summed E-state index contributed by atoms with van der Waals surface area (Å²) in [4.78, 5) is 21.6. The first kappa shape index (κ1) is 13.3. The molecule has 1 aliphatic rings. The first-order chi connectivity index (χ1) is 10.8. The summed E-state index contributed by atoms with van der Waals surface area (Å²) >= 11 is 0. The molecule has 0 aliphatic carbocycles. The molecule has 22 heavy (non-hydrogen) atoms. The predicted octanol–water partition coefficient (Wildman–Crippen LogP) is 2.17. The fourth-order valence-electron chi connectivity index (χ4n) is 3.35. The average molecular weight is 294 g/mol. The van der Waals surface area contributed by atoms with Crippen molar-refractivity contribution < 1.29 is 0 Å². The predicted molar refractivity (Wildman–Crippen MR) is 85.7 cm³/mol. The van der Waals surface area contributed by atoms with Crippen LogP contribution in [0.2, 0.25) is 0 Å². The summed E-state index contributed by atoms with van der Waals surface area (Å²) in [6, 6.07) is 12.6. The van der Waals surface area contributed by atoms with Crippen molar-refractivity contribution in [1.29, 1.82) is 0 Å². The molecule has 1 fully saturated rings. The van der Waals surface area contributed by atoms with Gasteiger partial charge < -0.3 is 4.98 Å². The summed E-state index contributed by atoms with van der Waals surface area (Å²) < 4.78 is 1.89. The highest BCUT2D eigenvalue weighted by Gasteiger charge is 2.26. The molecule has 2 aromatic heterocycles. The van der Waals surface area contributed by atoms with Crippen LogP contribution in [0.15, 0.2) is 53.6 Å². The molecule has 1 saturated heterocycles. The van der Waals surface area contributed by atoms with Crippen LogP contribution in [0.5, 0.6) is 0 Å². The molecule has 1 N–H and O–H groups in total. The SMILES string of the molecule is O=c1[nH]c2cnccc2n1[C@@H]1CCN(Cc2ccccc2)C1. The number of benzene rings is 1. The van der Waals surface area contributed by atoms with Crippen molar-refractivity contribution in [2.45, 2.75) is 19.0 Å². The van der Waals surface area contributed by atoms with E-state index >= 15 is 0 Å². The minimum absolute atomic E-state index is 0.0328. The van der Waals surface area contributed by atoms with Crippen LogP contribution in [0.1, 0.15) is 18.0 Å². The van der Waals surface area contributed by atoms with Gasteiger partial charge in [0, 0.05) is 25.8 Å². The number of hydrogen-bond acceptors (Lipinski definition) is 3. The summed E-state index contributed by atoms with van der Waals surface area (Å²) in [5.41, 5.74) is 3.05. The molecular formula is C17H18N4O. The second-order valence-electron chi connectivity index (χ2n) is 5.86. The molecule has 0 saturated carbocycles. The van der Waals surface area contributed by atoms with E-state index in [-0.39, 0.29) is 11.7 Å². The normalized spacial score (nSPS) is 19.0. The van der Waals surface area contributed by atoms with E-state index in [0.29, 0.717) is 0 Å². The fourth-order valence-corrected chi connectivity index (χ4v) is 3.35. The molecule has 4 rings (SSSR count). The fraction of sp³-hybridized carbons (Fsp3) is 0.294. The number of aromatic nitrogens is 3. The van der Waals surface area contributed by atoms with Crippen LogP contribution in [-0.2, 0) is 6.54 Å². The molecule has 1 aliphatic heterocycles. The highest BCUT2D eigenvalue weighted by Crippen LogP contribution is 2.24. The Bertz CT molecular complexity index is 836. The molecule has 5 heteroatoms. The van der Waals surface area contributed by atoms with Gasteiger partial charge in [-0.05, 0) is 18.1 Å². The third kappa shape index (κ3) is 2.33. The minimum atomic E-state index is -0.0328. The number of imidazole rings is 1. The molecule has 0 unspecified atom stereocenters. The van der Waals surface area contributed by atoms with Crippen LogP contribution in [0.25, 0.3) is 11.0 Å². The van der Waals surface area contributed by atoms with Crippen molar-refractivity contribution in [2.24, 2.45) is 0 Å². The zero-order valence-corrected chi connectivity index (χ0v) is 12.3. The van der Waals surface area contributed by atoms with Gasteiger partial charge in [0.25, 0.3) is 0 Å². The number of aromatic amines is 1. The Balaban J connectivity index is 1.57. The van der Waals surface area contributed by atoms with Crippen LogP contribution < -0.4 is 5.69 Å². The van der Waals surface area contributed by atoms with Gasteiger partial charge in [-0.1, -0.05) is 30.3 Å². The third-order valence-electron chi connectivity index (χ3n) is 4.38. The number of pyridine rings is 1. The topological polar surface area (TPSA) is 53.9 Å². The molecule has 112 valence electrons. The average Bonchev–Trinajstić information content (AvgIpc) is 3.11. The number of H-pyrrole nitrogens is 1. The van der Waals surface area contributed by atoms with Gasteiger partial charge in [0.15, 0.2) is 0 Å². The molecule has 0 amide bonds. The molecule has 5 nitrogen and oxygen atoms in total. The van der Waals surface area contributed by atoms with Gasteiger partial charge in [-0.3, -0.25) is 14.5 Å². The van der Waals surface area contributed by atoms with E-state index in [9.17, 15) is 4.79 Å². The molecule has 0 bridgehead atoms. The van der Waals surface area contributed by atoms with E-state index in [4.69, 9.17) is 0 Å². The monoisotopic (exact) mass is 294 g/mol. The Morgan fingerprint density at radius 2 is 2.09 bits per heavy atom. The summed E-state index contributed by atoms with van der Waals surface area (Å²) in [6.07, 6.45) is 4.45. The van der Waals surface area contributed by atoms with Crippen molar-refractivity contribution >= 4 is 11.0 Å². The smallest absolute Gasteiger partial charge is 0.304 e. The van der Waals surface area contributed by atoms with E-state index in [0.717, 1.165) is 37.1 Å². The molecule has 3 aromatic rings. The maximum atomic E-state index is 12.3. The second-order valence-corrected chi connectivity index (χ2v) is 5.86. The van der Waals surface area contributed by atoms with E-state index in [1.165, 1.54) is 5.56 Å². The lowest BCUT2D eigenvalue weighted by atomic mass is 10.2. The van der Waals surface area contributed by atoms with Gasteiger partial charge in [0.05, 0.1) is 23.3 Å². The molecule has 1 atom stereocenters. The number of likely N-dealkylation sites (tertiary alicyclic amines) is 1. The van der Waals surface area contributed by atoms with Gasteiger partial charge in [0.2, 0.25) is 0 Å². The summed E-state index contributed by atoms with van der Waals surface area (Å²) in [5, 5.41) is 0. The molecular weight excluding hydrogens is 276 g/mol. The Kier molecular flexibility index (Phi) is 3.27. The molecule has 1 aromatic carbocycles. The van der Waals surface area contributed by atoms with Gasteiger partial charge in [-0.25, -0.2) is 4.79 Å². The summed E-state index contributed by atoms with van der Waals surface area (Å²) in [7, 11) is 0. The minimum Gasteiger partial charge on any atom is -0.304 e. The zero-order chi connectivity index (χ0) is 14.9. The Morgan fingerprint density at radius 3 is 2.95 bits per heavy atom. The highest BCUT2D eigenvalue weighted by atomic mass is 16.1. The van der Waals surface area contributed by atoms with Crippen molar-refractivity contribution in [3.63, 3.8) is 0 Å². The maximum Gasteiger partial charge on any atom is 0.326 e. The molecule has 3 heterocycles. The largest absolute Gasteiger partial charge is 0.326 e. The Labute approximate surface area is 128 Å². The van der Waals surface area contributed by atoms with Gasteiger partial charge in [-0.2, -0.15) is 0 Å². The Hall–Kier alpha value is -2.40. The van der Waals surface area contributed by atoms with E-state index in [1.54, 1.807) is 12.4 Å². The number of hydrogen-bond donors (Lipinski definition) is 1. The lowest BCUT2D eigenvalue weighted by molar-refractivity contribution is 0.316. The van der Waals surface area contributed by atoms with E-state index < -0.39 is 0 Å². The van der Waals surface area contributed by atoms with Crippen LogP contribution in [0, 0.1) is 0 Å². The van der Waals surface area contributed by atoms with Crippen molar-refractivity contribution in [2.75, 3.05) is 13.1 Å². The van der Waals surface area contributed by atoms with Gasteiger partial charge >= 0.3 is 5.69 Å². The number of nitrogens with zero attached hydrogens (tertiary/aromatic N) is 3. The first-order valence-corrected chi connectivity index (χ1v) is 7.62. The van der Waals surface area contributed by atoms with Crippen LogP contribution in [0.4, 0.5) is 0 Å². The number of rotatable bonds is 3. The second kappa shape index (κ2) is 5.42. The summed E-state index contributed by atoms with van der Waals surface area (Å²) in [6.45, 7) is 2.86. The standard InChI is InChI=1S/C17H18N4O/c22-17-19-15-10-18-8-6-16(15)21(17)14-7-9-20(12-14)11-13-4-2-1-3-5-13/h1-6,8,10,14H,7,9,11-12H2,(H,19,22)/t14-/m1/s1. The maximum absolute atomic E-state index is 12.3. The van der Waals surface area contributed by atoms with Crippen molar-refractivity contribution in [3.8, 4) is 0 Å². The van der Waals surface area contributed by atoms with E-state index in [1.807, 2.05) is 16.7 Å². The molecule has 0 spiro atoms. The molecule has 0 radical (unpaired) electrons. The first-order valence-electron chi connectivity index (χ1n) is 7.62. The van der Waals surface area contributed by atoms with Crippen molar-refractivity contribution in [3.05, 3.63) is 64.8 Å². The third-order valence-corrected chi connectivity index (χ3v) is 4.38. The van der Waals surface area contributed by atoms with Crippen molar-refractivity contribution in [1.82, 2.24) is 19.4 Å². The van der Waals surface area contributed by atoms with Gasteiger partial charge in [0.1, 0.15) is 0 Å². The van der Waals surface area contributed by atoms with Crippen LogP contribution in [-0.4, -0.2) is 32.5 Å². The lowest BCUT2D eigenvalue weighted by Gasteiger charge is -2.16. The highest BCUT2D eigenvalue weighted by molar-refractivity contribution is 5.73. The van der Waals surface area contributed by atoms with E-state index in [2.05, 4.69) is 39.1 Å². The number of fused-ring (bicyclic) bond motifs is 1. The number of nitrogens with one attached hydrogen (secondary N) is 1. The Morgan fingerprint density at radius 1 is 1.23 bits per heavy atom. The van der Waals surface area contributed by atoms with Gasteiger partial charge in [-0.15, -0.1) is 0 Å².